The van der Waals surface area contributed by atoms with E-state index >= 15 is 0 Å². The van der Waals surface area contributed by atoms with Crippen LogP contribution in [0.4, 0.5) is 5.69 Å². The topological polar surface area (TPSA) is 94.6 Å². The lowest BCUT2D eigenvalue weighted by atomic mass is 9.73. The highest BCUT2D eigenvalue weighted by Gasteiger charge is 2.40. The number of benzene rings is 2. The number of Topliss-reactive ketones (excluding diaryl/α,β-unsaturated/α-hetero) is 1. The van der Waals surface area contributed by atoms with Gasteiger partial charge in [-0.05, 0) is 47.2 Å². The van der Waals surface area contributed by atoms with Crippen LogP contribution < -0.4 is 14.9 Å². The number of aromatic nitrogens is 1. The van der Waals surface area contributed by atoms with Crippen molar-refractivity contribution in [3.05, 3.63) is 106 Å². The molecule has 0 spiro atoms. The van der Waals surface area contributed by atoms with E-state index in [1.54, 1.807) is 24.3 Å². The van der Waals surface area contributed by atoms with Gasteiger partial charge in [-0.1, -0.05) is 55.0 Å². The van der Waals surface area contributed by atoms with E-state index in [1.807, 2.05) is 32.0 Å². The lowest BCUT2D eigenvalue weighted by Gasteiger charge is -2.35. The van der Waals surface area contributed by atoms with Crippen LogP contribution in [0.1, 0.15) is 43.9 Å². The summed E-state index contributed by atoms with van der Waals surface area (Å²) in [6.45, 7) is 4.05. The van der Waals surface area contributed by atoms with Gasteiger partial charge in [0.1, 0.15) is 0 Å². The number of nitro benzene ring substituents is 1. The van der Waals surface area contributed by atoms with Gasteiger partial charge in [0.15, 0.2) is 10.6 Å². The maximum atomic E-state index is 13.6. The molecular formula is C25H20ClN3O4S. The molecular weight excluding hydrogens is 474 g/mol. The molecule has 0 saturated carbocycles. The number of allylic oxidation sites excluding steroid dienone is 2. The molecule has 0 amide bonds. The summed E-state index contributed by atoms with van der Waals surface area (Å²) < 4.78 is 1.98. The minimum Gasteiger partial charge on any atom is -0.294 e. The summed E-state index contributed by atoms with van der Waals surface area (Å²) in [5, 5.41) is 11.7. The number of rotatable bonds is 3. The highest BCUT2D eigenvalue weighted by molar-refractivity contribution is 7.07. The van der Waals surface area contributed by atoms with Crippen LogP contribution in [0.5, 0.6) is 0 Å². The quantitative estimate of drug-likeness (QED) is 0.404. The first-order valence-electron chi connectivity index (χ1n) is 10.7. The fraction of sp³-hybridized carbons (Fsp3) is 0.240. The Hall–Kier alpha value is -3.36. The lowest BCUT2D eigenvalue weighted by Crippen LogP contribution is -2.42. The summed E-state index contributed by atoms with van der Waals surface area (Å²) in [4.78, 5) is 42.8. The summed E-state index contributed by atoms with van der Waals surface area (Å²) in [5.74, 6) is -0.0567. The van der Waals surface area contributed by atoms with E-state index in [0.717, 1.165) is 0 Å². The second-order valence-electron chi connectivity index (χ2n) is 9.25. The molecule has 2 aliphatic rings. The molecule has 5 rings (SSSR count). The average molecular weight is 494 g/mol. The molecule has 34 heavy (non-hydrogen) atoms. The number of halogens is 1. The molecule has 0 radical (unpaired) electrons. The molecule has 1 unspecified atom stereocenters. The molecule has 1 atom stereocenters. The van der Waals surface area contributed by atoms with Crippen LogP contribution in [-0.4, -0.2) is 15.3 Å². The highest BCUT2D eigenvalue weighted by Crippen LogP contribution is 2.43. The molecule has 0 bridgehead atoms. The van der Waals surface area contributed by atoms with E-state index in [4.69, 9.17) is 16.6 Å². The van der Waals surface area contributed by atoms with Crippen molar-refractivity contribution >= 4 is 40.5 Å². The van der Waals surface area contributed by atoms with Gasteiger partial charge in [0.2, 0.25) is 0 Å². The Morgan fingerprint density at radius 3 is 2.53 bits per heavy atom. The molecule has 2 aromatic carbocycles. The second-order valence-corrected chi connectivity index (χ2v) is 10.7. The molecule has 2 heterocycles. The summed E-state index contributed by atoms with van der Waals surface area (Å²) in [7, 11) is 0. The fourth-order valence-electron chi connectivity index (χ4n) is 4.58. The van der Waals surface area contributed by atoms with Gasteiger partial charge in [-0.25, -0.2) is 4.99 Å². The van der Waals surface area contributed by atoms with E-state index in [-0.39, 0.29) is 22.4 Å². The summed E-state index contributed by atoms with van der Waals surface area (Å²) in [6.07, 6.45) is 2.68. The Bertz CT molecular complexity index is 1560. The summed E-state index contributed by atoms with van der Waals surface area (Å²) in [6, 6.07) is 12.6. The van der Waals surface area contributed by atoms with Crippen LogP contribution in [0.3, 0.4) is 0 Å². The average Bonchev–Trinajstić information content (AvgIpc) is 3.08. The third-order valence-electron chi connectivity index (χ3n) is 6.11. The van der Waals surface area contributed by atoms with Crippen LogP contribution in [-0.2, 0) is 4.79 Å². The Balaban J connectivity index is 1.76. The third-order valence-corrected chi connectivity index (χ3v) is 7.43. The van der Waals surface area contributed by atoms with Crippen molar-refractivity contribution in [1.29, 1.82) is 0 Å². The van der Waals surface area contributed by atoms with Crippen molar-refractivity contribution in [3.63, 3.8) is 0 Å². The third kappa shape index (κ3) is 3.82. The largest absolute Gasteiger partial charge is 0.294 e. The zero-order valence-electron chi connectivity index (χ0n) is 18.4. The fourth-order valence-corrected chi connectivity index (χ4v) is 5.78. The molecule has 7 nitrogen and oxygen atoms in total. The number of non-ortho nitro benzene ring substituents is 1. The minimum absolute atomic E-state index is 0.0554. The van der Waals surface area contributed by atoms with Gasteiger partial charge in [0.05, 0.1) is 21.2 Å². The van der Waals surface area contributed by atoms with Gasteiger partial charge in [-0.3, -0.25) is 24.3 Å². The van der Waals surface area contributed by atoms with E-state index in [9.17, 15) is 19.7 Å². The predicted octanol–water partition coefficient (Wildman–Crippen LogP) is 4.17. The molecule has 1 aliphatic heterocycles. The zero-order chi connectivity index (χ0) is 24.2. The highest BCUT2D eigenvalue weighted by atomic mass is 35.5. The van der Waals surface area contributed by atoms with Gasteiger partial charge in [-0.15, -0.1) is 0 Å². The number of nitrogens with zero attached hydrogens (tertiary/aromatic N) is 3. The number of carbonyl (C=O) groups excluding carboxylic acids is 1. The van der Waals surface area contributed by atoms with Crippen LogP contribution in [0, 0.1) is 15.5 Å². The van der Waals surface area contributed by atoms with Crippen LogP contribution in [0.15, 0.2) is 69.6 Å². The lowest BCUT2D eigenvalue weighted by molar-refractivity contribution is -0.384. The van der Waals surface area contributed by atoms with Crippen molar-refractivity contribution in [3.8, 4) is 0 Å². The van der Waals surface area contributed by atoms with Gasteiger partial charge < -0.3 is 0 Å². The van der Waals surface area contributed by atoms with E-state index in [2.05, 4.69) is 0 Å². The number of thiazole rings is 1. The van der Waals surface area contributed by atoms with Crippen molar-refractivity contribution in [1.82, 2.24) is 4.57 Å². The molecule has 0 N–H and O–H groups in total. The number of carbonyl (C=O) groups is 1. The Kier molecular flexibility index (Phi) is 5.37. The van der Waals surface area contributed by atoms with Gasteiger partial charge in [0, 0.05) is 29.1 Å². The van der Waals surface area contributed by atoms with Crippen molar-refractivity contribution in [2.45, 2.75) is 32.7 Å². The maximum Gasteiger partial charge on any atom is 0.271 e. The Labute approximate surface area is 203 Å². The standard InChI is InChI=1S/C25H20ClN3O4S/c1-25(2)12-18-21(19(30)13-25)22(14-7-9-16(10-8-14)29(32)33)28-23(31)20(34-24(28)27-18)11-15-5-3-4-6-17(15)26/h3-11,22H,12-13H2,1-2H3. The van der Waals surface area contributed by atoms with Gasteiger partial charge in [-0.2, -0.15) is 0 Å². The number of ketones is 1. The molecule has 1 aromatic heterocycles. The van der Waals surface area contributed by atoms with Crippen molar-refractivity contribution < 1.29 is 9.72 Å². The Morgan fingerprint density at radius 2 is 1.85 bits per heavy atom. The second kappa shape index (κ2) is 8.14. The van der Waals surface area contributed by atoms with Crippen LogP contribution in [0.25, 0.3) is 6.08 Å². The molecule has 1 aliphatic carbocycles. The monoisotopic (exact) mass is 493 g/mol. The first-order valence-corrected chi connectivity index (χ1v) is 11.9. The number of hydrogen-bond donors (Lipinski definition) is 0. The van der Waals surface area contributed by atoms with Crippen LogP contribution in [0.2, 0.25) is 5.02 Å². The van der Waals surface area contributed by atoms with Gasteiger partial charge >= 0.3 is 0 Å². The first-order chi connectivity index (χ1) is 16.1. The van der Waals surface area contributed by atoms with Gasteiger partial charge in [0.25, 0.3) is 11.2 Å². The molecule has 0 saturated heterocycles. The Morgan fingerprint density at radius 1 is 1.15 bits per heavy atom. The molecule has 9 heteroatoms. The summed E-state index contributed by atoms with van der Waals surface area (Å²) >= 11 is 7.55. The SMILES string of the molecule is CC1(C)CC(=O)C2=C(C1)N=c1sc(=Cc3ccccc3Cl)c(=O)n1C2c1ccc([N+](=O)[O-])cc1. The smallest absolute Gasteiger partial charge is 0.271 e. The number of hydrogen-bond acceptors (Lipinski definition) is 6. The first kappa shape index (κ1) is 22.4. The van der Waals surface area contributed by atoms with Crippen molar-refractivity contribution in [2.75, 3.05) is 0 Å². The van der Waals surface area contributed by atoms with E-state index < -0.39 is 11.0 Å². The molecule has 0 fully saturated rings. The number of fused-ring (bicyclic) bond motifs is 1. The number of nitro groups is 1. The minimum atomic E-state index is -0.691. The normalized spacial score (nSPS) is 19.4. The molecule has 3 aromatic rings. The predicted molar refractivity (Wildman–Crippen MR) is 131 cm³/mol. The zero-order valence-corrected chi connectivity index (χ0v) is 20.0. The summed E-state index contributed by atoms with van der Waals surface area (Å²) in [5.41, 5.74) is 1.93. The molecule has 172 valence electrons. The van der Waals surface area contributed by atoms with Crippen molar-refractivity contribution in [2.24, 2.45) is 10.4 Å². The maximum absolute atomic E-state index is 13.6. The van der Waals surface area contributed by atoms with E-state index in [0.29, 0.717) is 49.6 Å². The van der Waals surface area contributed by atoms with Crippen LogP contribution >= 0.6 is 22.9 Å². The van der Waals surface area contributed by atoms with E-state index in [1.165, 1.54) is 28.0 Å².